The van der Waals surface area contributed by atoms with Crippen LogP contribution in [0.2, 0.25) is 0 Å². The molecule has 0 bridgehead atoms. The van der Waals surface area contributed by atoms with E-state index in [4.69, 9.17) is 12.2 Å². The van der Waals surface area contributed by atoms with Crippen LogP contribution in [0.25, 0.3) is 5.57 Å². The second-order valence-electron chi connectivity index (χ2n) is 3.65. The lowest BCUT2D eigenvalue weighted by molar-refractivity contribution is 1.00. The second-order valence-corrected chi connectivity index (χ2v) is 6.54. The number of rotatable bonds is 4. The fourth-order valence-corrected chi connectivity index (χ4v) is 3.37. The minimum Gasteiger partial charge on any atom is -0.257 e. The summed E-state index contributed by atoms with van der Waals surface area (Å²) in [6.07, 6.45) is 0. The van der Waals surface area contributed by atoms with Crippen LogP contribution in [0.5, 0.6) is 0 Å². The van der Waals surface area contributed by atoms with Gasteiger partial charge < -0.3 is 0 Å². The zero-order valence-corrected chi connectivity index (χ0v) is 11.8. The fraction of sp³-hybridized carbons (Fsp3) is 0.167. The smallest absolute Gasteiger partial charge is 0.177 e. The van der Waals surface area contributed by atoms with Crippen molar-refractivity contribution in [2.75, 3.05) is 0 Å². The van der Waals surface area contributed by atoms with Gasteiger partial charge in [0.15, 0.2) is 8.29 Å². The number of nitrogens with one attached hydrogen (secondary N) is 1. The molecular weight excluding hydrogens is 268 g/mol. The summed E-state index contributed by atoms with van der Waals surface area (Å²) in [6, 6.07) is 8.42. The molecule has 88 valence electrons. The fourth-order valence-electron chi connectivity index (χ4n) is 1.35. The maximum absolute atomic E-state index is 4.99. The molecule has 0 aliphatic carbocycles. The Labute approximate surface area is 114 Å². The van der Waals surface area contributed by atoms with E-state index in [1.807, 2.05) is 6.92 Å². The van der Waals surface area contributed by atoms with E-state index in [-0.39, 0.29) is 0 Å². The van der Waals surface area contributed by atoms with Gasteiger partial charge in [0.05, 0.1) is 0 Å². The molecule has 1 aromatic carbocycles. The molecule has 0 amide bonds. The molecule has 2 nitrogen and oxygen atoms in total. The normalized spacial score (nSPS) is 10.4. The Kier molecular flexibility index (Phi) is 4.15. The number of benzene rings is 1. The Morgan fingerprint density at radius 3 is 3.06 bits per heavy atom. The van der Waals surface area contributed by atoms with Gasteiger partial charge >= 0.3 is 0 Å². The Morgan fingerprint density at radius 1 is 1.59 bits per heavy atom. The third kappa shape index (κ3) is 3.52. The average molecular weight is 280 g/mol. The van der Waals surface area contributed by atoms with Gasteiger partial charge in [0.25, 0.3) is 0 Å². The number of thioether (sulfide) groups is 1. The maximum atomic E-state index is 4.99. The maximum Gasteiger partial charge on any atom is 0.177 e. The Morgan fingerprint density at radius 2 is 2.41 bits per heavy atom. The van der Waals surface area contributed by atoms with Crippen LogP contribution in [0.15, 0.2) is 35.2 Å². The molecule has 1 heterocycles. The minimum absolute atomic E-state index is 0.725. The number of hydrogen-bond donors (Lipinski definition) is 1. The van der Waals surface area contributed by atoms with Gasteiger partial charge in [-0.15, -0.1) is 0 Å². The highest BCUT2D eigenvalue weighted by Crippen LogP contribution is 2.25. The van der Waals surface area contributed by atoms with Crippen LogP contribution in [-0.2, 0) is 5.75 Å². The van der Waals surface area contributed by atoms with Gasteiger partial charge in [-0.25, -0.2) is 0 Å². The molecule has 0 unspecified atom stereocenters. The van der Waals surface area contributed by atoms with Crippen molar-refractivity contribution in [2.45, 2.75) is 17.0 Å². The molecule has 0 spiro atoms. The molecule has 0 aliphatic rings. The second kappa shape index (κ2) is 5.62. The molecule has 0 fully saturated rings. The Balaban J connectivity index is 2.06. The van der Waals surface area contributed by atoms with E-state index in [9.17, 15) is 0 Å². The number of nitrogens with zero attached hydrogens (tertiary/aromatic N) is 1. The zero-order valence-electron chi connectivity index (χ0n) is 9.40. The molecule has 5 heteroatoms. The summed E-state index contributed by atoms with van der Waals surface area (Å²) in [5.74, 6) is 0.900. The lowest BCUT2D eigenvalue weighted by Crippen LogP contribution is -1.84. The van der Waals surface area contributed by atoms with E-state index in [1.165, 1.54) is 22.5 Å². The van der Waals surface area contributed by atoms with E-state index in [0.717, 1.165) is 19.6 Å². The zero-order chi connectivity index (χ0) is 12.3. The quantitative estimate of drug-likeness (QED) is 0.659. The summed E-state index contributed by atoms with van der Waals surface area (Å²) in [4.78, 5) is 0. The van der Waals surface area contributed by atoms with Gasteiger partial charge in [0, 0.05) is 5.75 Å². The molecule has 0 aliphatic heterocycles. The highest BCUT2D eigenvalue weighted by molar-refractivity contribution is 8.00. The Bertz CT molecular complexity index is 583. The predicted molar refractivity (Wildman–Crippen MR) is 78.0 cm³/mol. The lowest BCUT2D eigenvalue weighted by atomic mass is 10.1. The van der Waals surface area contributed by atoms with E-state index in [1.54, 1.807) is 11.8 Å². The van der Waals surface area contributed by atoms with Crippen LogP contribution in [0, 0.1) is 3.95 Å². The number of H-pyrrole nitrogens is 1. The third-order valence-electron chi connectivity index (χ3n) is 2.20. The molecule has 1 aromatic heterocycles. The largest absolute Gasteiger partial charge is 0.257 e. The number of allylic oxidation sites excluding steroid dienone is 1. The summed E-state index contributed by atoms with van der Waals surface area (Å²) in [7, 11) is 0. The van der Waals surface area contributed by atoms with Gasteiger partial charge in [0.1, 0.15) is 0 Å². The first-order valence-electron chi connectivity index (χ1n) is 5.08. The summed E-state index contributed by atoms with van der Waals surface area (Å²) in [5, 5.41) is 6.91. The monoisotopic (exact) mass is 280 g/mol. The SMILES string of the molecule is C=C(C)c1cccc(CSc2n[nH]c(=S)s2)c1. The van der Waals surface area contributed by atoms with Crippen molar-refractivity contribution in [2.24, 2.45) is 0 Å². The lowest BCUT2D eigenvalue weighted by Gasteiger charge is -2.03. The van der Waals surface area contributed by atoms with Crippen LogP contribution >= 0.6 is 35.3 Å². The molecule has 0 saturated heterocycles. The third-order valence-corrected chi connectivity index (χ3v) is 4.50. The standard InChI is InChI=1S/C12H12N2S3/c1-8(2)10-5-3-4-9(6-10)7-16-12-14-13-11(15)17-12/h3-6H,1,7H2,2H3,(H,13,15). The first-order valence-corrected chi connectivity index (χ1v) is 7.29. The van der Waals surface area contributed by atoms with Crippen LogP contribution in [0.1, 0.15) is 18.1 Å². The van der Waals surface area contributed by atoms with Gasteiger partial charge in [-0.05, 0) is 30.3 Å². The summed E-state index contributed by atoms with van der Waals surface area (Å²) < 4.78 is 1.71. The predicted octanol–water partition coefficient (Wildman–Crippen LogP) is 4.53. The van der Waals surface area contributed by atoms with Crippen LogP contribution in [-0.4, -0.2) is 10.2 Å². The van der Waals surface area contributed by atoms with Gasteiger partial charge in [0.2, 0.25) is 0 Å². The van der Waals surface area contributed by atoms with E-state index in [2.05, 4.69) is 41.0 Å². The van der Waals surface area contributed by atoms with E-state index < -0.39 is 0 Å². The van der Waals surface area contributed by atoms with Crippen LogP contribution < -0.4 is 0 Å². The van der Waals surface area contributed by atoms with Gasteiger partial charge in [-0.2, -0.15) is 5.10 Å². The number of aromatic nitrogens is 2. The van der Waals surface area contributed by atoms with Crippen molar-refractivity contribution in [3.8, 4) is 0 Å². The van der Waals surface area contributed by atoms with Gasteiger partial charge in [-0.1, -0.05) is 59.5 Å². The summed E-state index contributed by atoms with van der Waals surface area (Å²) in [6.45, 7) is 5.97. The van der Waals surface area contributed by atoms with Crippen LogP contribution in [0.4, 0.5) is 0 Å². The average Bonchev–Trinajstić information content (AvgIpc) is 2.73. The summed E-state index contributed by atoms with van der Waals surface area (Å²) in [5.41, 5.74) is 3.56. The molecule has 2 aromatic rings. The minimum atomic E-state index is 0.725. The van der Waals surface area contributed by atoms with Gasteiger partial charge in [-0.3, -0.25) is 5.10 Å². The van der Waals surface area contributed by atoms with Crippen molar-refractivity contribution in [3.63, 3.8) is 0 Å². The van der Waals surface area contributed by atoms with Crippen molar-refractivity contribution in [3.05, 3.63) is 45.9 Å². The highest BCUT2D eigenvalue weighted by Gasteiger charge is 2.01. The van der Waals surface area contributed by atoms with Crippen molar-refractivity contribution < 1.29 is 0 Å². The summed E-state index contributed by atoms with van der Waals surface area (Å²) >= 11 is 8.20. The molecular formula is C12H12N2S3. The highest BCUT2D eigenvalue weighted by atomic mass is 32.2. The number of hydrogen-bond acceptors (Lipinski definition) is 4. The van der Waals surface area contributed by atoms with E-state index in [0.29, 0.717) is 0 Å². The van der Waals surface area contributed by atoms with Crippen LogP contribution in [0.3, 0.4) is 0 Å². The number of aromatic amines is 1. The van der Waals surface area contributed by atoms with Crippen molar-refractivity contribution in [1.82, 2.24) is 10.2 Å². The molecule has 0 radical (unpaired) electrons. The molecule has 0 atom stereocenters. The molecule has 2 rings (SSSR count). The first kappa shape index (κ1) is 12.5. The Hall–Kier alpha value is -0.910. The van der Waals surface area contributed by atoms with E-state index >= 15 is 0 Å². The molecule has 0 saturated carbocycles. The van der Waals surface area contributed by atoms with Crippen molar-refractivity contribution in [1.29, 1.82) is 0 Å². The topological polar surface area (TPSA) is 28.7 Å². The molecule has 17 heavy (non-hydrogen) atoms. The molecule has 1 N–H and O–H groups in total. The van der Waals surface area contributed by atoms with Crippen molar-refractivity contribution >= 4 is 40.9 Å². The first-order chi connectivity index (χ1) is 8.15.